The van der Waals surface area contributed by atoms with Gasteiger partial charge in [-0.1, -0.05) is 115 Å². The van der Waals surface area contributed by atoms with E-state index in [9.17, 15) is 0 Å². The number of fused-ring (bicyclic) bond motifs is 2. The predicted molar refractivity (Wildman–Crippen MR) is 199 cm³/mol. The molecule has 3 nitrogen and oxygen atoms in total. The molecule has 7 aromatic rings. The Hall–Kier alpha value is -5.28. The van der Waals surface area contributed by atoms with Crippen LogP contribution in [0.2, 0.25) is 0 Å². The molecule has 0 radical (unpaired) electrons. The minimum Gasteiger partial charge on any atom is -0.310 e. The highest BCUT2D eigenvalue weighted by atomic mass is 32.2. The van der Waals surface area contributed by atoms with E-state index >= 15 is 4.57 Å². The van der Waals surface area contributed by atoms with Crippen LogP contribution in [0.1, 0.15) is 0 Å². The van der Waals surface area contributed by atoms with Gasteiger partial charge in [0.2, 0.25) is 0 Å². The van der Waals surface area contributed by atoms with Crippen LogP contribution in [0.3, 0.4) is 0 Å². The van der Waals surface area contributed by atoms with E-state index in [1.807, 2.05) is 54.6 Å². The monoisotopic (exact) mass is 642 g/mol. The Labute approximate surface area is 280 Å². The van der Waals surface area contributed by atoms with E-state index in [4.69, 9.17) is 0 Å². The maximum atomic E-state index is 15.7. The number of benzene rings is 7. The fourth-order valence-electron chi connectivity index (χ4n) is 6.33. The summed E-state index contributed by atoms with van der Waals surface area (Å²) >= 11 is 1.70. The van der Waals surface area contributed by atoms with Crippen LogP contribution in [0.4, 0.5) is 34.1 Å². The van der Waals surface area contributed by atoms with Crippen molar-refractivity contribution in [3.63, 3.8) is 0 Å². The van der Waals surface area contributed by atoms with Crippen LogP contribution in [0, 0.1) is 0 Å². The standard InChI is InChI=1S/C42H31N2OPS/c45-46(38-24-14-5-15-25-38)39-28-26-36(43(32-16-6-1-7-17-32)33-18-8-2-9-19-33)30-41(39)47-42-31-37(27-29-40(42)46)44(34-20-10-3-11-21-34)35-22-12-4-13-23-35/h1-31H. The fourth-order valence-corrected chi connectivity index (χ4v) is 11.0. The molecular weight excluding hydrogens is 612 g/mol. The molecule has 0 aliphatic carbocycles. The molecule has 1 aliphatic rings. The summed E-state index contributed by atoms with van der Waals surface area (Å²) < 4.78 is 15.7. The maximum absolute atomic E-state index is 15.7. The van der Waals surface area contributed by atoms with Gasteiger partial charge in [0.15, 0.2) is 7.14 Å². The van der Waals surface area contributed by atoms with Gasteiger partial charge in [-0.05, 0) is 84.9 Å². The van der Waals surface area contributed by atoms with Gasteiger partial charge in [-0.15, -0.1) is 0 Å². The van der Waals surface area contributed by atoms with Crippen molar-refractivity contribution in [2.75, 3.05) is 9.80 Å². The average molecular weight is 643 g/mol. The molecule has 47 heavy (non-hydrogen) atoms. The van der Waals surface area contributed by atoms with Crippen LogP contribution in [0.15, 0.2) is 198 Å². The number of rotatable bonds is 7. The maximum Gasteiger partial charge on any atom is 0.173 e. The quantitative estimate of drug-likeness (QED) is 0.161. The smallest absolute Gasteiger partial charge is 0.173 e. The lowest BCUT2D eigenvalue weighted by Gasteiger charge is -2.32. The highest BCUT2D eigenvalue weighted by Gasteiger charge is 2.38. The van der Waals surface area contributed by atoms with Gasteiger partial charge in [-0.3, -0.25) is 0 Å². The van der Waals surface area contributed by atoms with Gasteiger partial charge < -0.3 is 14.4 Å². The number of hydrogen-bond acceptors (Lipinski definition) is 4. The van der Waals surface area contributed by atoms with Crippen LogP contribution in [0.25, 0.3) is 0 Å². The van der Waals surface area contributed by atoms with Crippen LogP contribution < -0.4 is 25.7 Å². The van der Waals surface area contributed by atoms with Gasteiger partial charge in [0.05, 0.1) is 0 Å². The highest BCUT2D eigenvalue weighted by Crippen LogP contribution is 2.54. The molecule has 0 unspecified atom stereocenters. The Morgan fingerprint density at radius 1 is 0.362 bits per heavy atom. The molecule has 0 fully saturated rings. The summed E-state index contributed by atoms with van der Waals surface area (Å²) in [5.41, 5.74) is 6.29. The van der Waals surface area contributed by atoms with Gasteiger partial charge in [0.1, 0.15) is 0 Å². The molecule has 0 saturated heterocycles. The Morgan fingerprint density at radius 3 is 1.02 bits per heavy atom. The van der Waals surface area contributed by atoms with Crippen molar-refractivity contribution in [1.29, 1.82) is 0 Å². The Morgan fingerprint density at radius 2 is 0.681 bits per heavy atom. The van der Waals surface area contributed by atoms with Crippen molar-refractivity contribution < 1.29 is 4.57 Å². The molecule has 8 rings (SSSR count). The van der Waals surface area contributed by atoms with Crippen LogP contribution >= 0.6 is 18.9 Å². The zero-order chi connectivity index (χ0) is 31.6. The van der Waals surface area contributed by atoms with Crippen molar-refractivity contribution in [3.05, 3.63) is 188 Å². The zero-order valence-corrected chi connectivity index (χ0v) is 27.3. The third kappa shape index (κ3) is 5.36. The summed E-state index contributed by atoms with van der Waals surface area (Å²) in [6.45, 7) is 0. The predicted octanol–water partition coefficient (Wildman–Crippen LogP) is 10.7. The van der Waals surface area contributed by atoms with E-state index in [0.29, 0.717) is 0 Å². The Kier molecular flexibility index (Phi) is 7.74. The van der Waals surface area contributed by atoms with E-state index in [1.165, 1.54) is 0 Å². The first-order valence-corrected chi connectivity index (χ1v) is 18.2. The Balaban J connectivity index is 1.31. The molecule has 1 heterocycles. The van der Waals surface area contributed by atoms with Crippen LogP contribution in [-0.4, -0.2) is 0 Å². The van der Waals surface area contributed by atoms with Gasteiger partial charge in [-0.2, -0.15) is 0 Å². The molecule has 226 valence electrons. The molecule has 0 bridgehead atoms. The second kappa shape index (κ2) is 12.5. The summed E-state index contributed by atoms with van der Waals surface area (Å²) in [7, 11) is -3.19. The molecular formula is C42H31N2OPS. The van der Waals surface area contributed by atoms with Crippen molar-refractivity contribution in [1.82, 2.24) is 0 Å². The molecule has 1 aliphatic heterocycles. The van der Waals surface area contributed by atoms with E-state index < -0.39 is 7.14 Å². The normalized spacial score (nSPS) is 12.9. The molecule has 0 saturated carbocycles. The third-order valence-corrected chi connectivity index (χ3v) is 13.1. The second-order valence-corrected chi connectivity index (χ2v) is 15.1. The van der Waals surface area contributed by atoms with Crippen molar-refractivity contribution in [2.45, 2.75) is 9.79 Å². The van der Waals surface area contributed by atoms with Gasteiger partial charge in [0.25, 0.3) is 0 Å². The molecule has 0 amide bonds. The van der Waals surface area contributed by atoms with Gasteiger partial charge in [-0.25, -0.2) is 0 Å². The molecule has 0 N–H and O–H groups in total. The first-order valence-electron chi connectivity index (χ1n) is 15.6. The number of para-hydroxylation sites is 4. The summed E-state index contributed by atoms with van der Waals surface area (Å²) in [6.07, 6.45) is 0. The average Bonchev–Trinajstić information content (AvgIpc) is 3.14. The van der Waals surface area contributed by atoms with Crippen LogP contribution in [-0.2, 0) is 4.57 Å². The first kappa shape index (κ1) is 29.1. The second-order valence-electron chi connectivity index (χ2n) is 11.4. The van der Waals surface area contributed by atoms with E-state index in [2.05, 4.69) is 143 Å². The largest absolute Gasteiger partial charge is 0.310 e. The van der Waals surface area contributed by atoms with E-state index in [-0.39, 0.29) is 0 Å². The minimum absolute atomic E-state index is 0.842. The summed E-state index contributed by atoms with van der Waals surface area (Å²) in [4.78, 5) is 6.52. The molecule has 5 heteroatoms. The molecule has 0 spiro atoms. The lowest BCUT2D eigenvalue weighted by Crippen LogP contribution is -2.30. The van der Waals surface area contributed by atoms with Crippen LogP contribution in [0.5, 0.6) is 0 Å². The minimum atomic E-state index is -3.19. The van der Waals surface area contributed by atoms with Crippen molar-refractivity contribution in [2.24, 2.45) is 0 Å². The van der Waals surface area contributed by atoms with E-state index in [0.717, 1.165) is 59.8 Å². The number of anilines is 6. The van der Waals surface area contributed by atoms with Crippen molar-refractivity contribution in [3.8, 4) is 0 Å². The Bertz CT molecular complexity index is 1980. The fraction of sp³-hybridized carbons (Fsp3) is 0. The van der Waals surface area contributed by atoms with Crippen molar-refractivity contribution >= 4 is 68.9 Å². The van der Waals surface area contributed by atoms with Gasteiger partial charge >= 0.3 is 0 Å². The number of nitrogens with zero attached hydrogens (tertiary/aromatic N) is 2. The molecule has 7 aromatic carbocycles. The SMILES string of the molecule is O=P1(c2ccccc2)c2ccc(N(c3ccccc3)c3ccccc3)cc2Sc2cc(N(c3ccccc3)c3ccccc3)ccc21. The third-order valence-electron chi connectivity index (χ3n) is 8.48. The lowest BCUT2D eigenvalue weighted by atomic mass is 10.2. The topological polar surface area (TPSA) is 23.6 Å². The summed E-state index contributed by atoms with van der Waals surface area (Å²) in [5, 5.41) is 2.60. The summed E-state index contributed by atoms with van der Waals surface area (Å²) in [5.74, 6) is 0. The molecule has 0 atom stereocenters. The zero-order valence-electron chi connectivity index (χ0n) is 25.6. The number of hydrogen-bond donors (Lipinski definition) is 0. The van der Waals surface area contributed by atoms with Gasteiger partial charge in [0, 0.05) is 59.8 Å². The first-order chi connectivity index (χ1) is 23.2. The summed E-state index contributed by atoms with van der Waals surface area (Å²) in [6, 6.07) is 64.4. The molecule has 0 aromatic heterocycles. The lowest BCUT2D eigenvalue weighted by molar-refractivity contribution is 0.591. The van der Waals surface area contributed by atoms with E-state index in [1.54, 1.807) is 11.8 Å². The highest BCUT2D eigenvalue weighted by molar-refractivity contribution is 8.02.